The molecule has 6 rings (SSSR count). The van der Waals surface area contributed by atoms with Crippen LogP contribution in [0.25, 0.3) is 15.6 Å². The molecule has 1 amide bonds. The van der Waals surface area contributed by atoms with Crippen molar-refractivity contribution < 1.29 is 13.9 Å². The Morgan fingerprint density at radius 3 is 2.80 bits per heavy atom. The smallest absolute Gasteiger partial charge is 0.318 e. The number of likely N-dealkylation sites (N-methyl/N-ethyl adjacent to an activating group) is 1. The van der Waals surface area contributed by atoms with Gasteiger partial charge in [-0.2, -0.15) is 9.97 Å². The molecule has 0 radical (unpaired) electrons. The number of benzene rings is 1. The largest absolute Gasteiger partial charge is 0.462 e. The number of ether oxygens (including phenoxy) is 1. The maximum absolute atomic E-state index is 13.8. The number of hydrogen-bond acceptors (Lipinski definition) is 8. The zero-order valence-corrected chi connectivity index (χ0v) is 27.2. The number of hydrogen-bond donors (Lipinski definition) is 0. The first-order chi connectivity index (χ1) is 22.2. The first-order valence-corrected chi connectivity index (χ1v) is 16.4. The number of anilines is 2. The summed E-state index contributed by atoms with van der Waals surface area (Å²) >= 11 is 6.68. The van der Waals surface area contributed by atoms with E-state index in [2.05, 4.69) is 45.1 Å². The summed E-state index contributed by atoms with van der Waals surface area (Å²) in [7, 11) is 2.14. The van der Waals surface area contributed by atoms with Crippen LogP contribution in [0.2, 0.25) is 5.02 Å². The summed E-state index contributed by atoms with van der Waals surface area (Å²) in [6.45, 7) is 16.4. The van der Waals surface area contributed by atoms with Crippen LogP contribution in [-0.2, 0) is 17.8 Å². The highest BCUT2D eigenvalue weighted by Crippen LogP contribution is 2.37. The van der Waals surface area contributed by atoms with Gasteiger partial charge in [-0.05, 0) is 45.2 Å². The van der Waals surface area contributed by atoms with Crippen molar-refractivity contribution in [2.45, 2.75) is 51.2 Å². The summed E-state index contributed by atoms with van der Waals surface area (Å²) in [5.41, 5.74) is 2.80. The fourth-order valence-electron chi connectivity index (χ4n) is 6.83. The predicted octanol–water partition coefficient (Wildman–Crippen LogP) is 5.16. The zero-order valence-electron chi connectivity index (χ0n) is 26.5. The van der Waals surface area contributed by atoms with Crippen molar-refractivity contribution in [3.63, 3.8) is 0 Å². The second kappa shape index (κ2) is 13.8. The number of aromatic nitrogens is 3. The van der Waals surface area contributed by atoms with Crippen molar-refractivity contribution in [1.29, 1.82) is 0 Å². The Kier molecular flexibility index (Phi) is 9.57. The maximum atomic E-state index is 13.8. The second-order valence-corrected chi connectivity index (χ2v) is 12.9. The molecule has 0 spiro atoms. The first kappa shape index (κ1) is 32.0. The normalized spacial score (nSPS) is 19.0. The lowest BCUT2D eigenvalue weighted by Crippen LogP contribution is -2.57. The van der Waals surface area contributed by atoms with Crippen molar-refractivity contribution in [2.24, 2.45) is 5.92 Å². The summed E-state index contributed by atoms with van der Waals surface area (Å²) < 4.78 is 20.1. The van der Waals surface area contributed by atoms with Gasteiger partial charge in [0, 0.05) is 61.3 Å². The van der Waals surface area contributed by atoms with Gasteiger partial charge in [0.2, 0.25) is 6.54 Å². The Morgan fingerprint density at radius 1 is 1.24 bits per heavy atom. The third kappa shape index (κ3) is 6.46. The van der Waals surface area contributed by atoms with Crippen molar-refractivity contribution in [3.05, 3.63) is 70.7 Å². The first-order valence-electron chi connectivity index (χ1n) is 16.0. The predicted molar refractivity (Wildman–Crippen MR) is 178 cm³/mol. The van der Waals surface area contributed by atoms with E-state index in [-0.39, 0.29) is 13.1 Å². The molecule has 10 nitrogen and oxygen atoms in total. The molecule has 4 heterocycles. The molecule has 3 aromatic rings. The third-order valence-corrected chi connectivity index (χ3v) is 10.2. The van der Waals surface area contributed by atoms with Crippen molar-refractivity contribution in [1.82, 2.24) is 24.8 Å². The lowest BCUT2D eigenvalue weighted by Gasteiger charge is -2.41. The molecule has 0 bridgehead atoms. The lowest BCUT2D eigenvalue weighted by molar-refractivity contribution is -0.131. The van der Waals surface area contributed by atoms with E-state index in [1.54, 1.807) is 0 Å². The number of carbonyl (C=O) groups is 1. The Labute approximate surface area is 274 Å². The van der Waals surface area contributed by atoms with Crippen LogP contribution in [0.1, 0.15) is 37.4 Å². The number of halogens is 2. The summed E-state index contributed by atoms with van der Waals surface area (Å²) in [6.07, 6.45) is 8.21. The van der Waals surface area contributed by atoms with Gasteiger partial charge in [0.15, 0.2) is 5.83 Å². The van der Waals surface area contributed by atoms with E-state index in [1.807, 2.05) is 30.6 Å². The van der Waals surface area contributed by atoms with Crippen LogP contribution >= 0.6 is 11.6 Å². The third-order valence-electron chi connectivity index (χ3n) is 9.86. The molecule has 2 aromatic heterocycles. The van der Waals surface area contributed by atoms with Gasteiger partial charge in [-0.3, -0.25) is 9.78 Å². The maximum Gasteiger partial charge on any atom is 0.318 e. The quantitative estimate of drug-likeness (QED) is 0.221. The van der Waals surface area contributed by atoms with Crippen LogP contribution < -0.4 is 14.5 Å². The summed E-state index contributed by atoms with van der Waals surface area (Å²) in [5.74, 6) is -0.298. The fourth-order valence-corrected chi connectivity index (χ4v) is 7.11. The summed E-state index contributed by atoms with van der Waals surface area (Å²) in [4.78, 5) is 38.5. The van der Waals surface area contributed by atoms with Gasteiger partial charge < -0.3 is 29.2 Å². The van der Waals surface area contributed by atoms with Crippen molar-refractivity contribution in [3.8, 4) is 6.01 Å². The molecule has 2 fully saturated rings. The number of rotatable bonds is 10. The monoisotopic (exact) mass is 646 g/mol. The Bertz CT molecular complexity index is 1650. The standard InChI is InChI=1S/C34H40ClFN8O2/c1-22(36)33(45)44-14-13-43(20-26(44)18-37-3)32-27-11-12-42(30-19-38-17-25-9-6-10-28(35)31(25)30)21-29(27)39-34(40-32)46-16-15-41(4)23(2)24-7-5-8-24/h6,9-10,17,19,23-24,26H,1,5,7-8,11-16,18,20-21H2,2,4H3/t23-,26+/m1/s1. The van der Waals surface area contributed by atoms with Gasteiger partial charge in [0.25, 0.3) is 5.91 Å². The number of pyridine rings is 1. The van der Waals surface area contributed by atoms with E-state index in [0.717, 1.165) is 46.0 Å². The highest BCUT2D eigenvalue weighted by molar-refractivity contribution is 6.36. The molecule has 1 saturated heterocycles. The van der Waals surface area contributed by atoms with Gasteiger partial charge in [-0.25, -0.2) is 11.0 Å². The molecular weight excluding hydrogens is 607 g/mol. The number of nitrogens with zero attached hydrogens (tertiary/aromatic N) is 8. The van der Waals surface area contributed by atoms with Crippen LogP contribution in [0, 0.1) is 12.5 Å². The van der Waals surface area contributed by atoms with E-state index < -0.39 is 17.8 Å². The van der Waals surface area contributed by atoms with Gasteiger partial charge in [0.05, 0.1) is 29.1 Å². The minimum atomic E-state index is -1.02. The highest BCUT2D eigenvalue weighted by Gasteiger charge is 2.36. The topological polar surface area (TPSA) is 82.3 Å². The van der Waals surface area contributed by atoms with E-state index in [4.69, 9.17) is 32.9 Å². The molecule has 1 aliphatic carbocycles. The van der Waals surface area contributed by atoms with Gasteiger partial charge >= 0.3 is 6.01 Å². The summed E-state index contributed by atoms with van der Waals surface area (Å²) in [5, 5.41) is 2.59. The van der Waals surface area contributed by atoms with E-state index in [0.29, 0.717) is 56.3 Å². The Hall–Kier alpha value is -4.01. The van der Waals surface area contributed by atoms with Crippen LogP contribution in [0.15, 0.2) is 43.0 Å². The minimum Gasteiger partial charge on any atom is -0.462 e. The van der Waals surface area contributed by atoms with Crippen LogP contribution in [0.4, 0.5) is 15.9 Å². The van der Waals surface area contributed by atoms with E-state index in [9.17, 15) is 9.18 Å². The zero-order chi connectivity index (χ0) is 32.4. The van der Waals surface area contributed by atoms with Crippen molar-refractivity contribution in [2.75, 3.05) is 62.7 Å². The van der Waals surface area contributed by atoms with E-state index >= 15 is 0 Å². The fraction of sp³-hybridized carbons (Fsp3) is 0.500. The van der Waals surface area contributed by atoms with E-state index in [1.165, 1.54) is 24.2 Å². The number of carbonyl (C=O) groups excluding carboxylic acids is 1. The average molecular weight is 647 g/mol. The Balaban J connectivity index is 1.29. The Morgan fingerprint density at radius 2 is 2.07 bits per heavy atom. The molecule has 1 aromatic carbocycles. The molecule has 242 valence electrons. The SMILES string of the molecule is [C-]#[N+]C[C@H]1CN(c2nc(OCCN(C)[C@H](C)C3CCC3)nc3c2CCN(c2cncc4cccc(Cl)c24)C3)CCN1C(=O)C(=C)F. The van der Waals surface area contributed by atoms with Crippen LogP contribution in [-0.4, -0.2) is 95.7 Å². The lowest BCUT2D eigenvalue weighted by atomic mass is 9.80. The van der Waals surface area contributed by atoms with Crippen LogP contribution in [0.3, 0.4) is 0 Å². The average Bonchev–Trinajstić information content (AvgIpc) is 3.03. The summed E-state index contributed by atoms with van der Waals surface area (Å²) in [6, 6.07) is 6.12. The molecule has 1 saturated carbocycles. The number of amides is 1. The number of piperazine rings is 1. The van der Waals surface area contributed by atoms with Crippen molar-refractivity contribution >= 4 is 39.8 Å². The molecule has 0 N–H and O–H groups in total. The highest BCUT2D eigenvalue weighted by atomic mass is 35.5. The second-order valence-electron chi connectivity index (χ2n) is 12.5. The van der Waals surface area contributed by atoms with Gasteiger partial charge in [0.1, 0.15) is 18.5 Å². The van der Waals surface area contributed by atoms with Gasteiger partial charge in [-0.15, -0.1) is 0 Å². The number of fused-ring (bicyclic) bond motifs is 2. The molecule has 3 aliphatic rings. The minimum absolute atomic E-state index is 0.0558. The molecule has 0 unspecified atom stereocenters. The molecule has 12 heteroatoms. The van der Waals surface area contributed by atoms with Gasteiger partial charge in [-0.1, -0.05) is 36.7 Å². The molecule has 2 atom stereocenters. The molecular formula is C34H40ClFN8O2. The molecule has 2 aliphatic heterocycles. The molecule has 46 heavy (non-hydrogen) atoms. The van der Waals surface area contributed by atoms with Crippen LogP contribution in [0.5, 0.6) is 6.01 Å².